The maximum Gasteiger partial charge on any atom is 0.305 e. The molecule has 0 aromatic heterocycles. The zero-order chi connectivity index (χ0) is 19.2. The number of aryl methyl sites for hydroxylation is 1. The predicted octanol–water partition coefficient (Wildman–Crippen LogP) is 2.99. The zero-order valence-electron chi connectivity index (χ0n) is 15.1. The summed E-state index contributed by atoms with van der Waals surface area (Å²) in [6.07, 6.45) is 0.744. The summed E-state index contributed by atoms with van der Waals surface area (Å²) in [7, 11) is 0. The molecule has 1 heterocycles. The highest BCUT2D eigenvalue weighted by Crippen LogP contribution is 2.21. The maximum atomic E-state index is 12.2. The SMILES string of the molecule is Cc1ccc(OCCCC(=O)OCCN2C(=O)c3ccccc3C2=O)cc1. The molecule has 0 N–H and O–H groups in total. The van der Waals surface area contributed by atoms with E-state index in [-0.39, 0.29) is 37.4 Å². The molecule has 3 rings (SSSR count). The molecule has 140 valence electrons. The lowest BCUT2D eigenvalue weighted by atomic mass is 10.1. The van der Waals surface area contributed by atoms with Gasteiger partial charge in [0.1, 0.15) is 12.4 Å². The predicted molar refractivity (Wildman–Crippen MR) is 98.7 cm³/mol. The summed E-state index contributed by atoms with van der Waals surface area (Å²) >= 11 is 0. The Hall–Kier alpha value is -3.15. The number of esters is 1. The lowest BCUT2D eigenvalue weighted by Gasteiger charge is -2.13. The van der Waals surface area contributed by atoms with E-state index in [0.717, 1.165) is 16.2 Å². The minimum absolute atomic E-state index is 0.0108. The first-order valence-corrected chi connectivity index (χ1v) is 8.86. The summed E-state index contributed by atoms with van der Waals surface area (Å²) < 4.78 is 10.7. The summed E-state index contributed by atoms with van der Waals surface area (Å²) in [6.45, 7) is 2.46. The van der Waals surface area contributed by atoms with Gasteiger partial charge in [0.15, 0.2) is 0 Å². The number of imide groups is 1. The minimum atomic E-state index is -0.376. The molecule has 2 amide bonds. The normalized spacial score (nSPS) is 12.9. The van der Waals surface area contributed by atoms with Crippen molar-refractivity contribution in [2.24, 2.45) is 0 Å². The van der Waals surface area contributed by atoms with Crippen LogP contribution in [-0.2, 0) is 9.53 Å². The van der Waals surface area contributed by atoms with Crippen LogP contribution in [0.2, 0.25) is 0 Å². The monoisotopic (exact) mass is 367 g/mol. The molecule has 0 unspecified atom stereocenters. The van der Waals surface area contributed by atoms with Crippen molar-refractivity contribution < 1.29 is 23.9 Å². The van der Waals surface area contributed by atoms with Crippen LogP contribution in [0.4, 0.5) is 0 Å². The van der Waals surface area contributed by atoms with E-state index >= 15 is 0 Å². The number of nitrogens with zero attached hydrogens (tertiary/aromatic N) is 1. The number of carbonyl (C=O) groups is 3. The first-order valence-electron chi connectivity index (χ1n) is 8.86. The van der Waals surface area contributed by atoms with Crippen LogP contribution >= 0.6 is 0 Å². The Bertz CT molecular complexity index is 809. The smallest absolute Gasteiger partial charge is 0.305 e. The van der Waals surface area contributed by atoms with Gasteiger partial charge in [-0.05, 0) is 37.6 Å². The van der Waals surface area contributed by atoms with Crippen LogP contribution in [0.15, 0.2) is 48.5 Å². The third-order valence-corrected chi connectivity index (χ3v) is 4.27. The molecule has 2 aromatic rings. The highest BCUT2D eigenvalue weighted by molar-refractivity contribution is 6.21. The number of fused-ring (bicyclic) bond motifs is 1. The molecule has 6 heteroatoms. The van der Waals surface area contributed by atoms with E-state index in [2.05, 4.69) is 0 Å². The molecule has 0 saturated heterocycles. The fraction of sp³-hybridized carbons (Fsp3) is 0.286. The number of rotatable bonds is 8. The molecule has 0 atom stereocenters. The van der Waals surface area contributed by atoms with E-state index in [4.69, 9.17) is 9.47 Å². The number of carbonyl (C=O) groups excluding carboxylic acids is 3. The van der Waals surface area contributed by atoms with E-state index in [9.17, 15) is 14.4 Å². The van der Waals surface area contributed by atoms with Crippen LogP contribution in [0.3, 0.4) is 0 Å². The van der Waals surface area contributed by atoms with Crippen LogP contribution < -0.4 is 4.74 Å². The van der Waals surface area contributed by atoms with Crippen molar-refractivity contribution in [2.45, 2.75) is 19.8 Å². The molecule has 0 fully saturated rings. The molecular formula is C21H21NO5. The lowest BCUT2D eigenvalue weighted by Crippen LogP contribution is -2.33. The molecule has 0 radical (unpaired) electrons. The van der Waals surface area contributed by atoms with Crippen molar-refractivity contribution in [1.82, 2.24) is 4.90 Å². The van der Waals surface area contributed by atoms with Crippen molar-refractivity contribution in [3.63, 3.8) is 0 Å². The van der Waals surface area contributed by atoms with Gasteiger partial charge in [-0.25, -0.2) is 0 Å². The molecule has 0 saturated carbocycles. The second kappa shape index (κ2) is 8.49. The number of ether oxygens (including phenoxy) is 2. The molecular weight excluding hydrogens is 346 g/mol. The fourth-order valence-corrected chi connectivity index (χ4v) is 2.81. The number of hydrogen-bond acceptors (Lipinski definition) is 5. The van der Waals surface area contributed by atoms with E-state index in [0.29, 0.717) is 24.2 Å². The standard InChI is InChI=1S/C21H21NO5/c1-15-8-10-16(11-9-15)26-13-4-7-19(23)27-14-12-22-20(24)17-5-2-3-6-18(17)21(22)25/h2-3,5-6,8-11H,4,7,12-14H2,1H3. The van der Waals surface area contributed by atoms with Gasteiger partial charge in [-0.15, -0.1) is 0 Å². The molecule has 0 bridgehead atoms. The van der Waals surface area contributed by atoms with Gasteiger partial charge >= 0.3 is 5.97 Å². The zero-order valence-corrected chi connectivity index (χ0v) is 15.1. The summed E-state index contributed by atoms with van der Waals surface area (Å²) in [5.41, 5.74) is 1.94. The van der Waals surface area contributed by atoms with Gasteiger partial charge in [0, 0.05) is 6.42 Å². The lowest BCUT2D eigenvalue weighted by molar-refractivity contribution is -0.144. The quantitative estimate of drug-likeness (QED) is 0.407. The molecule has 1 aliphatic heterocycles. The maximum absolute atomic E-state index is 12.2. The third kappa shape index (κ3) is 4.53. The molecule has 0 aliphatic carbocycles. The van der Waals surface area contributed by atoms with Crippen molar-refractivity contribution in [1.29, 1.82) is 0 Å². The summed E-state index contributed by atoms with van der Waals surface area (Å²) in [4.78, 5) is 37.3. The van der Waals surface area contributed by atoms with Gasteiger partial charge in [-0.2, -0.15) is 0 Å². The van der Waals surface area contributed by atoms with Gasteiger partial charge < -0.3 is 9.47 Å². The highest BCUT2D eigenvalue weighted by atomic mass is 16.5. The topological polar surface area (TPSA) is 72.9 Å². The number of benzene rings is 2. The largest absolute Gasteiger partial charge is 0.494 e. The van der Waals surface area contributed by atoms with Crippen molar-refractivity contribution in [3.05, 3.63) is 65.2 Å². The van der Waals surface area contributed by atoms with Gasteiger partial charge in [0.25, 0.3) is 11.8 Å². The van der Waals surface area contributed by atoms with Gasteiger partial charge in [0.05, 0.1) is 24.3 Å². The Morgan fingerprint density at radius 3 is 2.19 bits per heavy atom. The van der Waals surface area contributed by atoms with E-state index in [1.165, 1.54) is 0 Å². The average Bonchev–Trinajstić information content (AvgIpc) is 2.92. The van der Waals surface area contributed by atoms with E-state index in [1.807, 2.05) is 31.2 Å². The van der Waals surface area contributed by atoms with Crippen molar-refractivity contribution >= 4 is 17.8 Å². The fourth-order valence-electron chi connectivity index (χ4n) is 2.81. The van der Waals surface area contributed by atoms with Crippen LogP contribution in [0, 0.1) is 6.92 Å². The van der Waals surface area contributed by atoms with Crippen LogP contribution in [0.5, 0.6) is 5.75 Å². The Balaban J connectivity index is 1.35. The Morgan fingerprint density at radius 1 is 0.926 bits per heavy atom. The van der Waals surface area contributed by atoms with Crippen LogP contribution in [0.25, 0.3) is 0 Å². The average molecular weight is 367 g/mol. The molecule has 2 aromatic carbocycles. The van der Waals surface area contributed by atoms with E-state index < -0.39 is 0 Å². The molecule has 27 heavy (non-hydrogen) atoms. The first kappa shape index (κ1) is 18.6. The van der Waals surface area contributed by atoms with Gasteiger partial charge in [-0.3, -0.25) is 19.3 Å². The summed E-state index contributed by atoms with van der Waals surface area (Å²) in [5, 5.41) is 0. The van der Waals surface area contributed by atoms with Crippen molar-refractivity contribution in [2.75, 3.05) is 19.8 Å². The molecule has 1 aliphatic rings. The van der Waals surface area contributed by atoms with E-state index in [1.54, 1.807) is 24.3 Å². The highest BCUT2D eigenvalue weighted by Gasteiger charge is 2.34. The Kier molecular flexibility index (Phi) is 5.86. The van der Waals surface area contributed by atoms with Crippen molar-refractivity contribution in [3.8, 4) is 5.75 Å². The number of amides is 2. The third-order valence-electron chi connectivity index (χ3n) is 4.27. The Labute approximate surface area is 157 Å². The van der Waals surface area contributed by atoms with Crippen LogP contribution in [0.1, 0.15) is 39.1 Å². The van der Waals surface area contributed by atoms with Gasteiger partial charge in [-0.1, -0.05) is 29.8 Å². The second-order valence-electron chi connectivity index (χ2n) is 6.29. The minimum Gasteiger partial charge on any atom is -0.494 e. The first-order chi connectivity index (χ1) is 13.1. The summed E-state index contributed by atoms with van der Waals surface area (Å²) in [5.74, 6) is -0.310. The molecule has 0 spiro atoms. The Morgan fingerprint density at radius 2 is 1.56 bits per heavy atom. The van der Waals surface area contributed by atoms with Gasteiger partial charge in [0.2, 0.25) is 0 Å². The molecule has 6 nitrogen and oxygen atoms in total. The van der Waals surface area contributed by atoms with Crippen LogP contribution in [-0.4, -0.2) is 42.4 Å². The number of hydrogen-bond donors (Lipinski definition) is 0. The summed E-state index contributed by atoms with van der Waals surface area (Å²) in [6, 6.07) is 14.4. The second-order valence-corrected chi connectivity index (χ2v) is 6.29.